The zero-order chi connectivity index (χ0) is 18.2. The second-order valence-electron chi connectivity index (χ2n) is 7.98. The lowest BCUT2D eigenvalue weighted by Crippen LogP contribution is -2.46. The molecule has 27 heavy (non-hydrogen) atoms. The first-order valence-electron chi connectivity index (χ1n) is 10.0. The van der Waals surface area contributed by atoms with E-state index in [-0.39, 0.29) is 0 Å². The molecular formula is C22H26N4S. The van der Waals surface area contributed by atoms with Gasteiger partial charge in [0.1, 0.15) is 17.0 Å². The number of aryl methyl sites for hydroxylation is 1. The molecule has 0 unspecified atom stereocenters. The van der Waals surface area contributed by atoms with Crippen molar-refractivity contribution in [2.45, 2.75) is 32.7 Å². The SMILES string of the molecule is C[C@@H]1CCc2c(sc3ncnc(N4CCN(Cc5ccccc5)CC4)c23)C1. The normalized spacial score (nSPS) is 20.8. The molecule has 4 nitrogen and oxygen atoms in total. The van der Waals surface area contributed by atoms with E-state index in [1.807, 2.05) is 11.3 Å². The van der Waals surface area contributed by atoms with Gasteiger partial charge in [-0.15, -0.1) is 11.3 Å². The van der Waals surface area contributed by atoms with Crippen molar-refractivity contribution in [3.63, 3.8) is 0 Å². The quantitative estimate of drug-likeness (QED) is 0.686. The lowest BCUT2D eigenvalue weighted by molar-refractivity contribution is 0.249. The van der Waals surface area contributed by atoms with Crippen LogP contribution >= 0.6 is 11.3 Å². The fourth-order valence-electron chi connectivity index (χ4n) is 4.46. The van der Waals surface area contributed by atoms with Gasteiger partial charge in [0.15, 0.2) is 0 Å². The first-order chi connectivity index (χ1) is 13.3. The van der Waals surface area contributed by atoms with Crippen molar-refractivity contribution in [3.05, 3.63) is 52.7 Å². The lowest BCUT2D eigenvalue weighted by atomic mass is 9.89. The molecule has 5 rings (SSSR count). The van der Waals surface area contributed by atoms with Crippen LogP contribution in [0.5, 0.6) is 0 Å². The molecule has 5 heteroatoms. The minimum absolute atomic E-state index is 0.795. The Balaban J connectivity index is 1.36. The Morgan fingerprint density at radius 3 is 2.70 bits per heavy atom. The van der Waals surface area contributed by atoms with Crippen molar-refractivity contribution in [2.24, 2.45) is 5.92 Å². The summed E-state index contributed by atoms with van der Waals surface area (Å²) in [4.78, 5) is 17.1. The van der Waals surface area contributed by atoms with Gasteiger partial charge in [-0.25, -0.2) is 9.97 Å². The van der Waals surface area contributed by atoms with E-state index >= 15 is 0 Å². The molecule has 0 radical (unpaired) electrons. The maximum atomic E-state index is 4.74. The second kappa shape index (κ2) is 7.21. The number of aromatic nitrogens is 2. The monoisotopic (exact) mass is 378 g/mol. The third-order valence-electron chi connectivity index (χ3n) is 5.99. The van der Waals surface area contributed by atoms with E-state index in [0.29, 0.717) is 0 Å². The Hall–Kier alpha value is -1.98. The molecule has 1 aliphatic heterocycles. The van der Waals surface area contributed by atoms with E-state index in [1.165, 1.54) is 46.4 Å². The highest BCUT2D eigenvalue weighted by molar-refractivity contribution is 7.19. The summed E-state index contributed by atoms with van der Waals surface area (Å²) < 4.78 is 0. The highest BCUT2D eigenvalue weighted by Crippen LogP contribution is 2.40. The van der Waals surface area contributed by atoms with E-state index in [2.05, 4.69) is 52.0 Å². The van der Waals surface area contributed by atoms with Gasteiger partial charge in [0.05, 0.1) is 5.39 Å². The first kappa shape index (κ1) is 17.1. The molecule has 0 amide bonds. The fraction of sp³-hybridized carbons (Fsp3) is 0.455. The number of thiophene rings is 1. The van der Waals surface area contributed by atoms with Crippen LogP contribution in [0, 0.1) is 5.92 Å². The molecule has 0 bridgehead atoms. The van der Waals surface area contributed by atoms with Crippen LogP contribution in [-0.4, -0.2) is 41.0 Å². The van der Waals surface area contributed by atoms with Gasteiger partial charge in [-0.05, 0) is 36.3 Å². The Bertz CT molecular complexity index is 928. The Morgan fingerprint density at radius 1 is 1.07 bits per heavy atom. The molecule has 2 aromatic heterocycles. The number of benzene rings is 1. The van der Waals surface area contributed by atoms with Gasteiger partial charge in [-0.2, -0.15) is 0 Å². The standard InChI is InChI=1S/C22H26N4S/c1-16-7-8-18-19(13-16)27-22-20(18)21(23-15-24-22)26-11-9-25(10-12-26)14-17-5-3-2-4-6-17/h2-6,15-16H,7-14H2,1H3/t16-/m1/s1. The topological polar surface area (TPSA) is 32.3 Å². The number of hydrogen-bond acceptors (Lipinski definition) is 5. The van der Waals surface area contributed by atoms with E-state index < -0.39 is 0 Å². The van der Waals surface area contributed by atoms with Crippen LogP contribution in [0.1, 0.15) is 29.3 Å². The van der Waals surface area contributed by atoms with Gasteiger partial charge >= 0.3 is 0 Å². The summed E-state index contributed by atoms with van der Waals surface area (Å²) in [6, 6.07) is 10.8. The van der Waals surface area contributed by atoms with Crippen LogP contribution in [0.4, 0.5) is 5.82 Å². The molecule has 1 aliphatic carbocycles. The molecule has 0 spiro atoms. The molecule has 1 atom stereocenters. The number of anilines is 1. The Labute approximate surface area is 164 Å². The highest BCUT2D eigenvalue weighted by atomic mass is 32.1. The van der Waals surface area contributed by atoms with Crippen LogP contribution in [0.3, 0.4) is 0 Å². The van der Waals surface area contributed by atoms with Gasteiger partial charge in [-0.3, -0.25) is 4.90 Å². The van der Waals surface area contributed by atoms with Gasteiger partial charge in [0, 0.05) is 37.6 Å². The zero-order valence-electron chi connectivity index (χ0n) is 15.9. The molecule has 3 aromatic rings. The number of rotatable bonds is 3. The minimum atomic E-state index is 0.795. The molecule has 1 fully saturated rings. The van der Waals surface area contributed by atoms with Gasteiger partial charge in [0.2, 0.25) is 0 Å². The van der Waals surface area contributed by atoms with E-state index in [4.69, 9.17) is 4.98 Å². The number of fused-ring (bicyclic) bond motifs is 3. The van der Waals surface area contributed by atoms with Crippen LogP contribution in [-0.2, 0) is 19.4 Å². The van der Waals surface area contributed by atoms with Crippen LogP contribution < -0.4 is 4.90 Å². The van der Waals surface area contributed by atoms with Crippen molar-refractivity contribution in [3.8, 4) is 0 Å². The van der Waals surface area contributed by atoms with Crippen LogP contribution in [0.15, 0.2) is 36.7 Å². The van der Waals surface area contributed by atoms with Gasteiger partial charge in [0.25, 0.3) is 0 Å². The van der Waals surface area contributed by atoms with Crippen molar-refractivity contribution >= 4 is 27.4 Å². The van der Waals surface area contributed by atoms with E-state index in [9.17, 15) is 0 Å². The summed E-state index contributed by atoms with van der Waals surface area (Å²) in [5.74, 6) is 1.97. The molecule has 0 saturated carbocycles. The summed E-state index contributed by atoms with van der Waals surface area (Å²) in [5, 5.41) is 1.35. The predicted octanol–water partition coefficient (Wildman–Crippen LogP) is 4.14. The molecule has 1 aromatic carbocycles. The summed E-state index contributed by atoms with van der Waals surface area (Å²) >= 11 is 1.90. The average Bonchev–Trinajstić information content (AvgIpc) is 3.07. The third kappa shape index (κ3) is 3.34. The maximum Gasteiger partial charge on any atom is 0.141 e. The van der Waals surface area contributed by atoms with Crippen LogP contribution in [0.2, 0.25) is 0 Å². The van der Waals surface area contributed by atoms with Crippen LogP contribution in [0.25, 0.3) is 10.2 Å². The average molecular weight is 379 g/mol. The van der Waals surface area contributed by atoms with E-state index in [1.54, 1.807) is 11.2 Å². The molecule has 1 saturated heterocycles. The minimum Gasteiger partial charge on any atom is -0.353 e. The maximum absolute atomic E-state index is 4.74. The van der Waals surface area contributed by atoms with Crippen molar-refractivity contribution in [1.29, 1.82) is 0 Å². The summed E-state index contributed by atoms with van der Waals surface area (Å²) in [5.41, 5.74) is 2.94. The summed E-state index contributed by atoms with van der Waals surface area (Å²) in [6.45, 7) is 7.67. The number of nitrogens with zero attached hydrogens (tertiary/aromatic N) is 4. The van der Waals surface area contributed by atoms with Crippen molar-refractivity contribution in [1.82, 2.24) is 14.9 Å². The number of hydrogen-bond donors (Lipinski definition) is 0. The Morgan fingerprint density at radius 2 is 1.89 bits per heavy atom. The summed E-state index contributed by atoms with van der Waals surface area (Å²) in [6.07, 6.45) is 5.45. The van der Waals surface area contributed by atoms with Gasteiger partial charge < -0.3 is 4.90 Å². The highest BCUT2D eigenvalue weighted by Gasteiger charge is 2.26. The van der Waals surface area contributed by atoms with E-state index in [0.717, 1.165) is 38.6 Å². The Kier molecular flexibility index (Phi) is 4.58. The van der Waals surface area contributed by atoms with Crippen molar-refractivity contribution < 1.29 is 0 Å². The third-order valence-corrected chi connectivity index (χ3v) is 7.15. The fourth-order valence-corrected chi connectivity index (χ4v) is 5.80. The molecule has 2 aliphatic rings. The molecule has 3 heterocycles. The molecule has 0 N–H and O–H groups in total. The molecular weight excluding hydrogens is 352 g/mol. The first-order valence-corrected chi connectivity index (χ1v) is 10.9. The van der Waals surface area contributed by atoms with Crippen molar-refractivity contribution in [2.75, 3.05) is 31.1 Å². The molecule has 140 valence electrons. The van der Waals surface area contributed by atoms with Gasteiger partial charge in [-0.1, -0.05) is 37.3 Å². The predicted molar refractivity (Wildman–Crippen MR) is 113 cm³/mol. The second-order valence-corrected chi connectivity index (χ2v) is 9.06. The number of piperazine rings is 1. The largest absolute Gasteiger partial charge is 0.353 e. The lowest BCUT2D eigenvalue weighted by Gasteiger charge is -2.35. The smallest absolute Gasteiger partial charge is 0.141 e. The zero-order valence-corrected chi connectivity index (χ0v) is 16.7. The summed E-state index contributed by atoms with van der Waals surface area (Å²) in [7, 11) is 0.